The standard InChI is InChI=1S/C13H12N2O2/c14-13(16)17-15(11-7-3-1-4-8-11)12-9-5-2-6-10-12/h1-10H,(H2,14,16). The van der Waals surface area contributed by atoms with E-state index in [4.69, 9.17) is 10.6 Å². The van der Waals surface area contributed by atoms with Crippen molar-refractivity contribution in [2.45, 2.75) is 0 Å². The highest BCUT2D eigenvalue weighted by Crippen LogP contribution is 2.24. The average molecular weight is 228 g/mol. The Morgan fingerprint density at radius 1 is 0.882 bits per heavy atom. The molecule has 0 saturated carbocycles. The molecule has 0 unspecified atom stereocenters. The van der Waals surface area contributed by atoms with Crippen LogP contribution in [0.1, 0.15) is 0 Å². The number of nitrogens with zero attached hydrogens (tertiary/aromatic N) is 1. The zero-order valence-electron chi connectivity index (χ0n) is 9.11. The third-order valence-corrected chi connectivity index (χ3v) is 2.16. The number of para-hydroxylation sites is 2. The largest absolute Gasteiger partial charge is 0.429 e. The lowest BCUT2D eigenvalue weighted by Gasteiger charge is -2.21. The van der Waals surface area contributed by atoms with Crippen molar-refractivity contribution in [2.24, 2.45) is 5.73 Å². The SMILES string of the molecule is NC(=O)ON(c1ccccc1)c1ccccc1. The molecule has 4 heteroatoms. The van der Waals surface area contributed by atoms with Gasteiger partial charge in [-0.25, -0.2) is 4.79 Å². The Morgan fingerprint density at radius 3 is 1.65 bits per heavy atom. The van der Waals surface area contributed by atoms with Crippen molar-refractivity contribution in [2.75, 3.05) is 5.06 Å². The molecule has 2 rings (SSSR count). The van der Waals surface area contributed by atoms with Gasteiger partial charge in [0.2, 0.25) is 0 Å². The zero-order valence-corrected chi connectivity index (χ0v) is 9.11. The summed E-state index contributed by atoms with van der Waals surface area (Å²) < 4.78 is 0. The first kappa shape index (κ1) is 11.0. The van der Waals surface area contributed by atoms with Crippen LogP contribution < -0.4 is 10.8 Å². The first-order chi connectivity index (χ1) is 8.27. The smallest absolute Gasteiger partial charge is 0.333 e. The van der Waals surface area contributed by atoms with Gasteiger partial charge in [-0.2, -0.15) is 5.06 Å². The van der Waals surface area contributed by atoms with E-state index in [-0.39, 0.29) is 0 Å². The Hall–Kier alpha value is -2.49. The van der Waals surface area contributed by atoms with Crippen LogP contribution in [0.15, 0.2) is 60.7 Å². The molecule has 0 fully saturated rings. The van der Waals surface area contributed by atoms with Crippen LogP contribution in [0.25, 0.3) is 0 Å². The van der Waals surface area contributed by atoms with Crippen LogP contribution in [0, 0.1) is 0 Å². The van der Waals surface area contributed by atoms with E-state index in [1.807, 2.05) is 60.7 Å². The molecule has 0 aliphatic rings. The van der Waals surface area contributed by atoms with E-state index in [0.29, 0.717) is 0 Å². The second-order valence-corrected chi connectivity index (χ2v) is 3.38. The van der Waals surface area contributed by atoms with Gasteiger partial charge in [0.05, 0.1) is 11.4 Å². The minimum absolute atomic E-state index is 0.734. The summed E-state index contributed by atoms with van der Waals surface area (Å²) in [7, 11) is 0. The van der Waals surface area contributed by atoms with Crippen molar-refractivity contribution in [3.05, 3.63) is 60.7 Å². The minimum Gasteiger partial charge on any atom is -0.333 e. The number of rotatable bonds is 3. The molecule has 0 spiro atoms. The molecule has 0 aliphatic heterocycles. The summed E-state index contributed by atoms with van der Waals surface area (Å²) in [5, 5.41) is 1.39. The minimum atomic E-state index is -0.849. The molecule has 0 radical (unpaired) electrons. The van der Waals surface area contributed by atoms with Crippen LogP contribution in [-0.4, -0.2) is 6.09 Å². The molecule has 2 aromatic rings. The highest BCUT2D eigenvalue weighted by molar-refractivity contribution is 5.70. The molecule has 2 aromatic carbocycles. The maximum absolute atomic E-state index is 10.9. The fourth-order valence-corrected chi connectivity index (χ4v) is 1.47. The fourth-order valence-electron chi connectivity index (χ4n) is 1.47. The van der Waals surface area contributed by atoms with Crippen LogP contribution in [-0.2, 0) is 4.84 Å². The van der Waals surface area contributed by atoms with Crippen LogP contribution in [0.3, 0.4) is 0 Å². The molecule has 1 amide bonds. The fraction of sp³-hybridized carbons (Fsp3) is 0. The number of benzene rings is 2. The molecule has 0 heterocycles. The summed E-state index contributed by atoms with van der Waals surface area (Å²) in [5.74, 6) is 0. The first-order valence-corrected chi connectivity index (χ1v) is 5.15. The Labute approximate surface area is 99.2 Å². The van der Waals surface area contributed by atoms with Gasteiger partial charge < -0.3 is 10.6 Å². The number of carbonyl (C=O) groups is 1. The van der Waals surface area contributed by atoms with Gasteiger partial charge in [0.15, 0.2) is 0 Å². The molecule has 0 aliphatic carbocycles. The van der Waals surface area contributed by atoms with Crippen LogP contribution >= 0.6 is 0 Å². The summed E-state index contributed by atoms with van der Waals surface area (Å²) in [6.07, 6.45) is -0.849. The molecular formula is C13H12N2O2. The molecular weight excluding hydrogens is 216 g/mol. The topological polar surface area (TPSA) is 55.6 Å². The number of hydrogen-bond donors (Lipinski definition) is 1. The molecule has 0 saturated heterocycles. The monoisotopic (exact) mass is 228 g/mol. The van der Waals surface area contributed by atoms with E-state index in [1.165, 1.54) is 5.06 Å². The van der Waals surface area contributed by atoms with Gasteiger partial charge in [0.25, 0.3) is 0 Å². The number of carbonyl (C=O) groups excluding carboxylic acids is 1. The third-order valence-electron chi connectivity index (χ3n) is 2.16. The first-order valence-electron chi connectivity index (χ1n) is 5.15. The lowest BCUT2D eigenvalue weighted by atomic mass is 10.2. The van der Waals surface area contributed by atoms with Crippen molar-refractivity contribution < 1.29 is 9.63 Å². The highest BCUT2D eigenvalue weighted by Gasteiger charge is 2.12. The summed E-state index contributed by atoms with van der Waals surface area (Å²) >= 11 is 0. The maximum atomic E-state index is 10.9. The van der Waals surface area contributed by atoms with Gasteiger partial charge in [0, 0.05) is 0 Å². The molecule has 2 N–H and O–H groups in total. The lowest BCUT2D eigenvalue weighted by molar-refractivity contribution is 0.157. The summed E-state index contributed by atoms with van der Waals surface area (Å²) in [4.78, 5) is 15.9. The average Bonchev–Trinajstić information content (AvgIpc) is 2.38. The van der Waals surface area contributed by atoms with E-state index in [0.717, 1.165) is 11.4 Å². The van der Waals surface area contributed by atoms with E-state index in [2.05, 4.69) is 0 Å². The Balaban J connectivity index is 2.36. The van der Waals surface area contributed by atoms with E-state index in [9.17, 15) is 4.79 Å². The molecule has 0 atom stereocenters. The van der Waals surface area contributed by atoms with E-state index >= 15 is 0 Å². The number of nitrogens with two attached hydrogens (primary N) is 1. The molecule has 17 heavy (non-hydrogen) atoms. The van der Waals surface area contributed by atoms with Crippen molar-refractivity contribution in [1.82, 2.24) is 0 Å². The lowest BCUT2D eigenvalue weighted by Crippen LogP contribution is -2.26. The Kier molecular flexibility index (Phi) is 3.25. The normalized spacial score (nSPS) is 9.65. The second-order valence-electron chi connectivity index (χ2n) is 3.38. The molecule has 0 aromatic heterocycles. The summed E-state index contributed by atoms with van der Waals surface area (Å²) in [6, 6.07) is 18.5. The van der Waals surface area contributed by atoms with Gasteiger partial charge in [0.1, 0.15) is 0 Å². The van der Waals surface area contributed by atoms with Gasteiger partial charge in [-0.05, 0) is 24.3 Å². The van der Waals surface area contributed by atoms with E-state index in [1.54, 1.807) is 0 Å². The van der Waals surface area contributed by atoms with Crippen molar-refractivity contribution in [3.63, 3.8) is 0 Å². The van der Waals surface area contributed by atoms with Crippen molar-refractivity contribution >= 4 is 17.5 Å². The predicted molar refractivity (Wildman–Crippen MR) is 65.7 cm³/mol. The number of primary amides is 1. The van der Waals surface area contributed by atoms with Gasteiger partial charge in [-0.3, -0.25) is 0 Å². The van der Waals surface area contributed by atoms with Crippen LogP contribution in [0.5, 0.6) is 0 Å². The number of amides is 1. The molecule has 4 nitrogen and oxygen atoms in total. The van der Waals surface area contributed by atoms with Crippen LogP contribution in [0.2, 0.25) is 0 Å². The van der Waals surface area contributed by atoms with Gasteiger partial charge in [-0.1, -0.05) is 36.4 Å². The zero-order chi connectivity index (χ0) is 12.1. The quantitative estimate of drug-likeness (QED) is 0.822. The van der Waals surface area contributed by atoms with Gasteiger partial charge in [-0.15, -0.1) is 0 Å². The van der Waals surface area contributed by atoms with Crippen molar-refractivity contribution in [1.29, 1.82) is 0 Å². The Morgan fingerprint density at radius 2 is 1.29 bits per heavy atom. The van der Waals surface area contributed by atoms with Crippen molar-refractivity contribution in [3.8, 4) is 0 Å². The number of hydrogen-bond acceptors (Lipinski definition) is 3. The second kappa shape index (κ2) is 5.03. The van der Waals surface area contributed by atoms with Gasteiger partial charge >= 0.3 is 6.09 Å². The third kappa shape index (κ3) is 2.75. The highest BCUT2D eigenvalue weighted by atomic mass is 16.7. The van der Waals surface area contributed by atoms with Crippen LogP contribution in [0.4, 0.5) is 16.2 Å². The maximum Gasteiger partial charge on any atom is 0.429 e. The molecule has 86 valence electrons. The summed E-state index contributed by atoms with van der Waals surface area (Å²) in [6.45, 7) is 0. The Bertz CT molecular complexity index is 446. The number of anilines is 2. The predicted octanol–water partition coefficient (Wildman–Crippen LogP) is 2.84. The summed E-state index contributed by atoms with van der Waals surface area (Å²) in [5.41, 5.74) is 6.53. The van der Waals surface area contributed by atoms with E-state index < -0.39 is 6.09 Å². The molecule has 0 bridgehead atoms.